The Morgan fingerprint density at radius 2 is 0.531 bits per heavy atom. The van der Waals surface area contributed by atoms with E-state index in [9.17, 15) is 19.5 Å². The Labute approximate surface area is 578 Å². The average molecular weight is 1390 g/mol. The molecule has 0 spiro atoms. The standard InChI is InChI=1S/C73H108O25/c1-13-21-29-83-56-37-53(38-57(84-30-22-14-2)65(56)87-33-25-17-5)70(75)92-46-73(78,47-93-71(76)54-39-58(85-31-23-15-3)66(88-34-26-18-6)59(40-54)86-32-24-16-4)64(98-72(77)55-43-62(96-50-81-11)68(90-36-28-20-8)63(44-55)97-51-82-12)45-91-69(74)52-41-60(94-48-79-9)67(89-35-27-19-7)61(42-52)95-49-80-10/h37-44,64,78H,13-36,45-51H2,1-12H3. The number of aliphatic hydroxyl groups is 1. The summed E-state index contributed by atoms with van der Waals surface area (Å²) in [6.07, 6.45) is 9.79. The number of rotatable bonds is 56. The Hall–Kier alpha value is -7.84. The number of hydrogen-bond donors (Lipinski definition) is 1. The second-order valence-corrected chi connectivity index (χ2v) is 22.8. The zero-order chi connectivity index (χ0) is 71.3. The summed E-state index contributed by atoms with van der Waals surface area (Å²) in [5, 5.41) is 13.5. The minimum atomic E-state index is -2.83. The van der Waals surface area contributed by atoms with Gasteiger partial charge in [0.1, 0.15) is 19.8 Å². The van der Waals surface area contributed by atoms with Crippen LogP contribution in [-0.4, -0.2) is 169 Å². The van der Waals surface area contributed by atoms with E-state index in [0.717, 1.165) is 64.2 Å². The molecule has 550 valence electrons. The molecular weight excluding hydrogens is 1280 g/mol. The van der Waals surface area contributed by atoms with E-state index in [2.05, 4.69) is 0 Å². The average Bonchev–Trinajstić information content (AvgIpc) is 0.827. The predicted molar refractivity (Wildman–Crippen MR) is 364 cm³/mol. The van der Waals surface area contributed by atoms with Crippen LogP contribution in [0.2, 0.25) is 0 Å². The van der Waals surface area contributed by atoms with Crippen LogP contribution in [-0.2, 0) is 37.9 Å². The lowest BCUT2D eigenvalue weighted by Gasteiger charge is -2.34. The van der Waals surface area contributed by atoms with Crippen molar-refractivity contribution < 1.29 is 119 Å². The zero-order valence-electron chi connectivity index (χ0n) is 59.9. The van der Waals surface area contributed by atoms with Crippen molar-refractivity contribution in [3.63, 3.8) is 0 Å². The first-order valence-electron chi connectivity index (χ1n) is 34.3. The molecule has 4 aromatic carbocycles. The Bertz CT molecular complexity index is 2730. The van der Waals surface area contributed by atoms with Gasteiger partial charge in [0, 0.05) is 28.4 Å². The largest absolute Gasteiger partial charge is 0.490 e. The maximum absolute atomic E-state index is 15.2. The third-order valence-corrected chi connectivity index (χ3v) is 14.5. The van der Waals surface area contributed by atoms with Gasteiger partial charge in [-0.2, -0.15) is 0 Å². The van der Waals surface area contributed by atoms with Crippen LogP contribution in [0, 0.1) is 0 Å². The molecule has 98 heavy (non-hydrogen) atoms. The van der Waals surface area contributed by atoms with Crippen molar-refractivity contribution in [2.45, 2.75) is 170 Å². The zero-order valence-corrected chi connectivity index (χ0v) is 59.9. The van der Waals surface area contributed by atoms with Crippen LogP contribution >= 0.6 is 0 Å². The predicted octanol–water partition coefficient (Wildman–Crippen LogP) is 13.9. The van der Waals surface area contributed by atoms with Gasteiger partial charge in [-0.25, -0.2) is 19.2 Å². The maximum Gasteiger partial charge on any atom is 0.338 e. The molecule has 0 aliphatic rings. The molecule has 0 fully saturated rings. The van der Waals surface area contributed by atoms with E-state index in [1.807, 2.05) is 55.4 Å². The molecule has 1 atom stereocenters. The highest BCUT2D eigenvalue weighted by Crippen LogP contribution is 2.44. The molecule has 0 amide bonds. The van der Waals surface area contributed by atoms with Crippen molar-refractivity contribution in [1.29, 1.82) is 0 Å². The van der Waals surface area contributed by atoms with Crippen LogP contribution in [0.5, 0.6) is 69.0 Å². The Kier molecular flexibility index (Phi) is 40.4. The van der Waals surface area contributed by atoms with E-state index >= 15 is 4.79 Å². The second-order valence-electron chi connectivity index (χ2n) is 22.8. The summed E-state index contributed by atoms with van der Waals surface area (Å²) < 4.78 is 119. The first-order valence-corrected chi connectivity index (χ1v) is 34.3. The van der Waals surface area contributed by atoms with Crippen molar-refractivity contribution in [3.8, 4) is 69.0 Å². The lowest BCUT2D eigenvalue weighted by molar-refractivity contribution is -0.150. The molecule has 4 aromatic rings. The van der Waals surface area contributed by atoms with E-state index in [1.54, 1.807) is 0 Å². The molecule has 0 aliphatic heterocycles. The van der Waals surface area contributed by atoms with E-state index < -0.39 is 55.4 Å². The third kappa shape index (κ3) is 27.8. The van der Waals surface area contributed by atoms with Gasteiger partial charge in [0.15, 0.2) is 84.9 Å². The topological polar surface area (TPSA) is 273 Å². The summed E-state index contributed by atoms with van der Waals surface area (Å²) in [7, 11) is 5.62. The van der Waals surface area contributed by atoms with E-state index in [0.29, 0.717) is 63.2 Å². The summed E-state index contributed by atoms with van der Waals surface area (Å²) in [4.78, 5) is 59.7. The Balaban J connectivity index is 2.06. The Morgan fingerprint density at radius 3 is 0.765 bits per heavy atom. The fourth-order valence-corrected chi connectivity index (χ4v) is 8.78. The van der Waals surface area contributed by atoms with Gasteiger partial charge in [-0.1, -0.05) is 107 Å². The van der Waals surface area contributed by atoms with Gasteiger partial charge < -0.3 is 99.8 Å². The van der Waals surface area contributed by atoms with Crippen molar-refractivity contribution in [2.24, 2.45) is 0 Å². The number of esters is 4. The van der Waals surface area contributed by atoms with E-state index in [4.69, 9.17) is 94.7 Å². The molecule has 1 N–H and O–H groups in total. The van der Waals surface area contributed by atoms with Crippen molar-refractivity contribution in [3.05, 3.63) is 70.8 Å². The molecule has 1 unspecified atom stereocenters. The lowest BCUT2D eigenvalue weighted by atomic mass is 9.98. The van der Waals surface area contributed by atoms with Crippen LogP contribution in [0.3, 0.4) is 0 Å². The molecule has 0 aliphatic carbocycles. The molecule has 0 bridgehead atoms. The van der Waals surface area contributed by atoms with Gasteiger partial charge in [-0.15, -0.1) is 0 Å². The summed E-state index contributed by atoms with van der Waals surface area (Å²) in [5.74, 6) is -2.69. The van der Waals surface area contributed by atoms with Crippen molar-refractivity contribution in [2.75, 3.05) is 128 Å². The minimum Gasteiger partial charge on any atom is -0.490 e. The number of ether oxygens (including phenoxy) is 20. The smallest absolute Gasteiger partial charge is 0.338 e. The number of unbranched alkanes of at least 4 members (excludes halogenated alkanes) is 8. The van der Waals surface area contributed by atoms with Gasteiger partial charge in [-0.3, -0.25) is 0 Å². The van der Waals surface area contributed by atoms with Gasteiger partial charge in [0.05, 0.1) is 75.1 Å². The summed E-state index contributed by atoms with van der Waals surface area (Å²) in [6, 6.07) is 11.0. The molecule has 4 rings (SSSR count). The van der Waals surface area contributed by atoms with Gasteiger partial charge in [0.25, 0.3) is 0 Å². The summed E-state index contributed by atoms with van der Waals surface area (Å²) >= 11 is 0. The normalized spacial score (nSPS) is 11.4. The highest BCUT2D eigenvalue weighted by atomic mass is 16.7. The third-order valence-electron chi connectivity index (χ3n) is 14.5. The molecule has 25 heteroatoms. The number of hydrogen-bond acceptors (Lipinski definition) is 25. The molecule has 0 heterocycles. The molecule has 25 nitrogen and oxygen atoms in total. The molecule has 0 saturated carbocycles. The maximum atomic E-state index is 15.2. The highest BCUT2D eigenvalue weighted by molar-refractivity contribution is 5.94. The van der Waals surface area contributed by atoms with Gasteiger partial charge in [-0.05, 0) is 99.9 Å². The first-order chi connectivity index (χ1) is 47.7. The number of carbonyl (C=O) groups is 4. The van der Waals surface area contributed by atoms with Crippen LogP contribution in [0.15, 0.2) is 48.5 Å². The van der Waals surface area contributed by atoms with Crippen LogP contribution < -0.4 is 56.8 Å². The molecule has 0 saturated heterocycles. The molecule has 0 aromatic heterocycles. The van der Waals surface area contributed by atoms with Crippen LogP contribution in [0.4, 0.5) is 0 Å². The fraction of sp³-hybridized carbons (Fsp3) is 0.616. The van der Waals surface area contributed by atoms with Crippen molar-refractivity contribution in [1.82, 2.24) is 0 Å². The summed E-state index contributed by atoms with van der Waals surface area (Å²) in [6.45, 7) is 13.9. The summed E-state index contributed by atoms with van der Waals surface area (Å²) in [5.41, 5.74) is -3.45. The SMILES string of the molecule is CCCCOc1cc(C(=O)OCC(O)(COC(=O)c2cc(OCCCC)c(OCCCC)c(OCCCC)c2)C(COC(=O)c2cc(OCOC)c(OCCCC)c(OCOC)c2)OC(=O)c2cc(OCOC)c(OCCCC)c(OCOC)c2)cc(OCCCC)c1OCCCC. The Morgan fingerprint density at radius 1 is 0.316 bits per heavy atom. The monoisotopic (exact) mass is 1380 g/mol. The quantitative estimate of drug-likeness (QED) is 0.0186. The lowest BCUT2D eigenvalue weighted by Crippen LogP contribution is -2.55. The van der Waals surface area contributed by atoms with Crippen LogP contribution in [0.25, 0.3) is 0 Å². The first kappa shape index (κ1) is 82.6. The van der Waals surface area contributed by atoms with Crippen molar-refractivity contribution >= 4 is 23.9 Å². The van der Waals surface area contributed by atoms with E-state index in [1.165, 1.54) is 77.0 Å². The van der Waals surface area contributed by atoms with Gasteiger partial charge in [0.2, 0.25) is 23.0 Å². The highest BCUT2D eigenvalue weighted by Gasteiger charge is 2.45. The van der Waals surface area contributed by atoms with Gasteiger partial charge >= 0.3 is 23.9 Å². The molecular formula is C73H108O25. The van der Waals surface area contributed by atoms with Crippen LogP contribution in [0.1, 0.15) is 200 Å². The second kappa shape index (κ2) is 48.0. The number of benzene rings is 4. The fourth-order valence-electron chi connectivity index (χ4n) is 8.78. The molecule has 0 radical (unpaired) electrons. The minimum absolute atomic E-state index is 0.0135. The number of methoxy groups -OCH3 is 4. The number of carbonyl (C=O) groups excluding carboxylic acids is 4. The van der Waals surface area contributed by atoms with E-state index in [-0.39, 0.29) is 147 Å².